The van der Waals surface area contributed by atoms with Gasteiger partial charge in [0.25, 0.3) is 17.7 Å². The van der Waals surface area contributed by atoms with Crippen LogP contribution < -0.4 is 16.0 Å². The van der Waals surface area contributed by atoms with Crippen molar-refractivity contribution in [2.75, 3.05) is 16.0 Å². The number of amides is 3. The van der Waals surface area contributed by atoms with Gasteiger partial charge in [-0.15, -0.1) is 0 Å². The lowest BCUT2D eigenvalue weighted by Crippen LogP contribution is -2.14. The Balaban J connectivity index is 1.20. The molecule has 0 saturated heterocycles. The number of rotatable bonds is 15. The van der Waals surface area contributed by atoms with E-state index in [1.54, 1.807) is 0 Å². The van der Waals surface area contributed by atoms with Gasteiger partial charge < -0.3 is 46.6 Å². The second kappa shape index (κ2) is 19.3. The molecule has 342 valence electrons. The molecular weight excluding hydrogens is 901 g/mol. The predicted octanol–water partition coefficient (Wildman–Crippen LogP) is 6.82. The summed E-state index contributed by atoms with van der Waals surface area (Å²) in [6.07, 6.45) is 0. The van der Waals surface area contributed by atoms with Gasteiger partial charge in [0.05, 0.1) is 33.4 Å². The highest BCUT2D eigenvalue weighted by Gasteiger charge is 2.19. The molecule has 0 unspecified atom stereocenters. The van der Waals surface area contributed by atoms with Gasteiger partial charge in [-0.25, -0.2) is 43.7 Å². The highest BCUT2D eigenvalue weighted by atomic mass is 16.4. The number of hydrogen-bond donors (Lipinski definition) is 9. The molecule has 0 aliphatic heterocycles. The smallest absolute Gasteiger partial charge is 0.335 e. The van der Waals surface area contributed by atoms with Crippen molar-refractivity contribution >= 4 is 70.6 Å². The molecule has 6 aromatic carbocycles. The molecule has 0 aliphatic rings. The van der Waals surface area contributed by atoms with Crippen LogP contribution in [0.25, 0.3) is 34.2 Å². The molecule has 7 aromatic rings. The number of aromatic carboxylic acids is 6. The van der Waals surface area contributed by atoms with Crippen LogP contribution in [-0.2, 0) is 0 Å². The monoisotopic (exact) mass is 930 g/mol. The number of carbonyl (C=O) groups is 9. The summed E-state index contributed by atoms with van der Waals surface area (Å²) >= 11 is 0. The van der Waals surface area contributed by atoms with E-state index < -0.39 is 53.5 Å². The summed E-state index contributed by atoms with van der Waals surface area (Å²) in [4.78, 5) is 123. The Labute approximate surface area is 386 Å². The number of anilines is 3. The zero-order valence-electron chi connectivity index (χ0n) is 34.8. The Kier molecular flexibility index (Phi) is 13.1. The summed E-state index contributed by atoms with van der Waals surface area (Å²) in [5.74, 6) is -10.4. The van der Waals surface area contributed by atoms with Crippen LogP contribution in [0.3, 0.4) is 0 Å². The Bertz CT molecular complexity index is 2860. The number of carbonyl (C=O) groups excluding carboxylic acids is 3. The fourth-order valence-corrected chi connectivity index (χ4v) is 6.53. The Morgan fingerprint density at radius 2 is 0.464 bits per heavy atom. The van der Waals surface area contributed by atoms with Crippen LogP contribution >= 0.6 is 0 Å². The third-order valence-electron chi connectivity index (χ3n) is 9.91. The molecule has 1 aromatic heterocycles. The summed E-state index contributed by atoms with van der Waals surface area (Å²) in [6, 6.07) is 26.9. The topological polar surface area (TPSA) is 350 Å². The standard InChI is InChI=1S/C48H30N6O15/c55-40(49-34-16-28(43(58)59)13-29(17-34)44(60)61)25-7-1-22(2-8-25)37-52-38(23-3-9-26(10-4-23)41(56)50-35-18-30(45(62)63)14-31(19-35)46(64)65)54-39(53-37)24-5-11-27(12-6-24)42(57)51-36-20-32(47(66)67)15-33(21-36)48(68)69/h1-21H,(H,49,55)(H,50,56)(H,51,57)(H,58,59)(H,60,61)(H,62,63)(H,64,65)(H,66,67)(H,68,69). The molecule has 21 heteroatoms. The molecule has 0 atom stereocenters. The summed E-state index contributed by atoms with van der Waals surface area (Å²) in [6.45, 7) is 0. The SMILES string of the molecule is O=C(O)c1cc(NC(=O)c2ccc(-c3nc(-c4ccc(C(=O)Nc5cc(C(=O)O)cc(C(=O)O)c5)cc4)nc(-c4ccc(C(=O)Nc5cc(C(=O)O)cc(C(=O)O)c5)cc4)n3)cc2)cc(C(=O)O)c1. The van der Waals surface area contributed by atoms with E-state index in [4.69, 9.17) is 0 Å². The van der Waals surface area contributed by atoms with E-state index in [9.17, 15) is 73.8 Å². The van der Waals surface area contributed by atoms with Crippen LogP contribution in [0.5, 0.6) is 0 Å². The molecule has 21 nitrogen and oxygen atoms in total. The van der Waals surface area contributed by atoms with Crippen LogP contribution in [-0.4, -0.2) is 99.1 Å². The molecule has 0 radical (unpaired) electrons. The maximum absolute atomic E-state index is 13.2. The third kappa shape index (κ3) is 10.9. The number of aromatic nitrogens is 3. The normalized spacial score (nSPS) is 10.6. The van der Waals surface area contributed by atoms with E-state index in [1.807, 2.05) is 0 Å². The van der Waals surface area contributed by atoms with Crippen molar-refractivity contribution in [2.24, 2.45) is 0 Å². The van der Waals surface area contributed by atoms with Crippen molar-refractivity contribution in [1.82, 2.24) is 15.0 Å². The second-order valence-corrected chi connectivity index (χ2v) is 14.6. The van der Waals surface area contributed by atoms with Gasteiger partial charge in [-0.2, -0.15) is 0 Å². The molecular formula is C48H30N6O15. The van der Waals surface area contributed by atoms with Crippen molar-refractivity contribution in [1.29, 1.82) is 0 Å². The zero-order chi connectivity index (χ0) is 49.7. The number of benzene rings is 6. The summed E-state index contributed by atoms with van der Waals surface area (Å²) in [5, 5.41) is 64.0. The van der Waals surface area contributed by atoms with Crippen LogP contribution in [0.2, 0.25) is 0 Å². The first-order valence-electron chi connectivity index (χ1n) is 19.7. The van der Waals surface area contributed by atoms with Gasteiger partial charge in [0.15, 0.2) is 17.5 Å². The van der Waals surface area contributed by atoms with Crippen molar-refractivity contribution in [3.05, 3.63) is 177 Å². The van der Waals surface area contributed by atoms with Gasteiger partial charge in [-0.3, -0.25) is 14.4 Å². The maximum atomic E-state index is 13.2. The summed E-state index contributed by atoms with van der Waals surface area (Å²) in [7, 11) is 0. The first kappa shape index (κ1) is 46.5. The van der Waals surface area contributed by atoms with Crippen LogP contribution in [0.1, 0.15) is 93.2 Å². The Morgan fingerprint density at radius 3 is 0.638 bits per heavy atom. The van der Waals surface area contributed by atoms with Crippen molar-refractivity contribution in [3.8, 4) is 34.2 Å². The fraction of sp³-hybridized carbons (Fsp3) is 0. The highest BCUT2D eigenvalue weighted by molar-refractivity contribution is 6.08. The third-order valence-corrected chi connectivity index (χ3v) is 9.91. The largest absolute Gasteiger partial charge is 0.478 e. The Hall–Kier alpha value is -10.4. The number of nitrogens with one attached hydrogen (secondary N) is 3. The zero-order valence-corrected chi connectivity index (χ0v) is 34.8. The molecule has 0 aliphatic carbocycles. The minimum atomic E-state index is -1.41. The van der Waals surface area contributed by atoms with Crippen molar-refractivity contribution in [2.45, 2.75) is 0 Å². The Morgan fingerprint density at radius 1 is 0.275 bits per heavy atom. The van der Waals surface area contributed by atoms with Gasteiger partial charge in [-0.05, 0) is 91.0 Å². The lowest BCUT2D eigenvalue weighted by atomic mass is 10.1. The van der Waals surface area contributed by atoms with Gasteiger partial charge in [-0.1, -0.05) is 36.4 Å². The van der Waals surface area contributed by atoms with E-state index >= 15 is 0 Å². The van der Waals surface area contributed by atoms with Gasteiger partial charge in [0, 0.05) is 50.4 Å². The second-order valence-electron chi connectivity index (χ2n) is 14.6. The number of carboxylic acid groups (broad SMARTS) is 6. The van der Waals surface area contributed by atoms with E-state index in [0.717, 1.165) is 54.6 Å². The van der Waals surface area contributed by atoms with Gasteiger partial charge in [0.1, 0.15) is 0 Å². The predicted molar refractivity (Wildman–Crippen MR) is 241 cm³/mol. The average Bonchev–Trinajstić information content (AvgIpc) is 3.33. The maximum Gasteiger partial charge on any atom is 0.335 e. The van der Waals surface area contributed by atoms with Crippen LogP contribution in [0, 0.1) is 0 Å². The van der Waals surface area contributed by atoms with E-state index in [-0.39, 0.29) is 84.6 Å². The molecule has 7 rings (SSSR count). The molecule has 0 saturated carbocycles. The molecule has 1 heterocycles. The first-order valence-corrected chi connectivity index (χ1v) is 19.7. The molecule has 0 spiro atoms. The number of nitrogens with zero attached hydrogens (tertiary/aromatic N) is 3. The number of carboxylic acids is 6. The van der Waals surface area contributed by atoms with E-state index in [1.165, 1.54) is 72.8 Å². The van der Waals surface area contributed by atoms with Gasteiger partial charge in [0.2, 0.25) is 0 Å². The lowest BCUT2D eigenvalue weighted by molar-refractivity contribution is 0.0676. The van der Waals surface area contributed by atoms with Crippen LogP contribution in [0.4, 0.5) is 17.1 Å². The van der Waals surface area contributed by atoms with Crippen molar-refractivity contribution < 1.29 is 73.8 Å². The lowest BCUT2D eigenvalue weighted by Gasteiger charge is -2.11. The first-order chi connectivity index (χ1) is 32.8. The molecule has 9 N–H and O–H groups in total. The average molecular weight is 931 g/mol. The molecule has 69 heavy (non-hydrogen) atoms. The molecule has 0 fully saturated rings. The van der Waals surface area contributed by atoms with Gasteiger partial charge >= 0.3 is 35.8 Å². The molecule has 0 bridgehead atoms. The summed E-state index contributed by atoms with van der Waals surface area (Å²) in [5.41, 5.74) is -1.12. The van der Waals surface area contributed by atoms with E-state index in [0.29, 0.717) is 16.7 Å². The highest BCUT2D eigenvalue weighted by Crippen LogP contribution is 2.27. The quantitative estimate of drug-likeness (QED) is 0.0509. The minimum absolute atomic E-state index is 0.0750. The number of hydrogen-bond acceptors (Lipinski definition) is 12. The minimum Gasteiger partial charge on any atom is -0.478 e. The van der Waals surface area contributed by atoms with Crippen LogP contribution in [0.15, 0.2) is 127 Å². The fourth-order valence-electron chi connectivity index (χ4n) is 6.53. The van der Waals surface area contributed by atoms with Crippen molar-refractivity contribution in [3.63, 3.8) is 0 Å². The summed E-state index contributed by atoms with van der Waals surface area (Å²) < 4.78 is 0. The van der Waals surface area contributed by atoms with E-state index in [2.05, 4.69) is 30.9 Å². The molecule has 3 amide bonds.